The molecule has 2 aromatic carbocycles. The van der Waals surface area contributed by atoms with Gasteiger partial charge in [0.2, 0.25) is 5.91 Å². The molecule has 0 aliphatic carbocycles. The number of likely N-dealkylation sites (N-methyl/N-ethyl adjacent to an activating group) is 1. The SMILES string of the molecule is C#Cc1cccc(N(CC(=O)NC)C(=O)c2cc3cc(C)ccc3nc2C)c1. The van der Waals surface area contributed by atoms with Gasteiger partial charge in [-0.1, -0.05) is 23.6 Å². The normalized spacial score (nSPS) is 10.4. The molecule has 0 aliphatic heterocycles. The van der Waals surface area contributed by atoms with Crippen LogP contribution in [-0.2, 0) is 4.79 Å². The summed E-state index contributed by atoms with van der Waals surface area (Å²) in [4.78, 5) is 31.5. The molecule has 3 rings (SSSR count). The number of fused-ring (bicyclic) bond motifs is 1. The van der Waals surface area contributed by atoms with Crippen molar-refractivity contribution in [3.8, 4) is 12.3 Å². The van der Waals surface area contributed by atoms with Gasteiger partial charge in [-0.15, -0.1) is 6.42 Å². The number of aromatic nitrogens is 1. The Kier molecular flexibility index (Phi) is 5.42. The molecule has 1 N–H and O–H groups in total. The molecule has 0 saturated heterocycles. The number of anilines is 1. The Hall–Kier alpha value is -3.65. The number of pyridine rings is 1. The molecule has 1 aromatic heterocycles. The van der Waals surface area contributed by atoms with Crippen molar-refractivity contribution in [2.24, 2.45) is 0 Å². The molecule has 0 unspecified atom stereocenters. The molecule has 28 heavy (non-hydrogen) atoms. The maximum Gasteiger partial charge on any atom is 0.260 e. The average molecular weight is 371 g/mol. The van der Waals surface area contributed by atoms with Gasteiger partial charge < -0.3 is 5.32 Å². The lowest BCUT2D eigenvalue weighted by molar-refractivity contribution is -0.119. The minimum absolute atomic E-state index is 0.116. The van der Waals surface area contributed by atoms with Crippen LogP contribution in [0.3, 0.4) is 0 Å². The lowest BCUT2D eigenvalue weighted by Crippen LogP contribution is -2.40. The van der Waals surface area contributed by atoms with Crippen LogP contribution in [0.25, 0.3) is 10.9 Å². The molecule has 0 fully saturated rings. The maximum absolute atomic E-state index is 13.4. The van der Waals surface area contributed by atoms with Crippen molar-refractivity contribution < 1.29 is 9.59 Å². The second kappa shape index (κ2) is 7.93. The molecule has 0 spiro atoms. The fourth-order valence-electron chi connectivity index (χ4n) is 3.02. The highest BCUT2D eigenvalue weighted by Gasteiger charge is 2.23. The Morgan fingerprint density at radius 3 is 2.64 bits per heavy atom. The van der Waals surface area contributed by atoms with Gasteiger partial charge >= 0.3 is 0 Å². The number of nitrogens with zero attached hydrogens (tertiary/aromatic N) is 2. The standard InChI is InChI=1S/C23H21N3O2/c1-5-17-7-6-8-19(12-17)26(14-22(27)24-4)23(28)20-13-18-11-15(2)9-10-21(18)25-16(20)3/h1,6-13H,14H2,2-4H3,(H,24,27). The predicted molar refractivity (Wildman–Crippen MR) is 111 cm³/mol. The van der Waals surface area contributed by atoms with Crippen LogP contribution in [0.5, 0.6) is 0 Å². The van der Waals surface area contributed by atoms with E-state index < -0.39 is 0 Å². The Morgan fingerprint density at radius 2 is 1.93 bits per heavy atom. The van der Waals surface area contributed by atoms with E-state index in [1.807, 2.05) is 31.2 Å². The number of hydrogen-bond donors (Lipinski definition) is 1. The molecule has 0 radical (unpaired) electrons. The first kappa shape index (κ1) is 19.1. The first-order valence-corrected chi connectivity index (χ1v) is 8.90. The monoisotopic (exact) mass is 371 g/mol. The summed E-state index contributed by atoms with van der Waals surface area (Å²) in [6.07, 6.45) is 5.49. The summed E-state index contributed by atoms with van der Waals surface area (Å²) in [5.41, 5.74) is 4.17. The molecule has 0 atom stereocenters. The number of carbonyl (C=O) groups is 2. The van der Waals surface area contributed by atoms with Crippen molar-refractivity contribution in [2.75, 3.05) is 18.5 Å². The van der Waals surface area contributed by atoms with Crippen molar-refractivity contribution >= 4 is 28.4 Å². The van der Waals surface area contributed by atoms with E-state index in [-0.39, 0.29) is 18.4 Å². The van der Waals surface area contributed by atoms with Crippen molar-refractivity contribution in [3.05, 3.63) is 70.9 Å². The molecule has 2 amide bonds. The minimum Gasteiger partial charge on any atom is -0.358 e. The highest BCUT2D eigenvalue weighted by atomic mass is 16.2. The number of nitrogens with one attached hydrogen (secondary N) is 1. The largest absolute Gasteiger partial charge is 0.358 e. The molecule has 0 aliphatic rings. The Labute approximate surface area is 164 Å². The fourth-order valence-corrected chi connectivity index (χ4v) is 3.02. The molecular formula is C23H21N3O2. The number of hydrogen-bond acceptors (Lipinski definition) is 3. The van der Waals surface area contributed by atoms with E-state index in [4.69, 9.17) is 6.42 Å². The van der Waals surface area contributed by atoms with Crippen molar-refractivity contribution in [1.29, 1.82) is 0 Å². The third kappa shape index (κ3) is 3.86. The summed E-state index contributed by atoms with van der Waals surface area (Å²) in [5.74, 6) is 1.98. The van der Waals surface area contributed by atoms with Gasteiger partial charge in [-0.05, 0) is 50.2 Å². The van der Waals surface area contributed by atoms with Gasteiger partial charge in [0.25, 0.3) is 5.91 Å². The Balaban J connectivity index is 2.10. The molecule has 3 aromatic rings. The second-order valence-electron chi connectivity index (χ2n) is 6.58. The van der Waals surface area contributed by atoms with Crippen LogP contribution < -0.4 is 10.2 Å². The quantitative estimate of drug-likeness (QED) is 0.716. The van der Waals surface area contributed by atoms with Crippen LogP contribution in [0.1, 0.15) is 27.2 Å². The van der Waals surface area contributed by atoms with E-state index in [9.17, 15) is 9.59 Å². The number of carbonyl (C=O) groups excluding carboxylic acids is 2. The van der Waals surface area contributed by atoms with Crippen molar-refractivity contribution in [1.82, 2.24) is 10.3 Å². The predicted octanol–water partition coefficient (Wildman–Crippen LogP) is 3.23. The van der Waals surface area contributed by atoms with Crippen LogP contribution in [0, 0.1) is 26.2 Å². The molecule has 0 bridgehead atoms. The second-order valence-corrected chi connectivity index (χ2v) is 6.58. The highest BCUT2D eigenvalue weighted by Crippen LogP contribution is 2.23. The highest BCUT2D eigenvalue weighted by molar-refractivity contribution is 6.10. The lowest BCUT2D eigenvalue weighted by atomic mass is 10.1. The number of amides is 2. The zero-order valence-corrected chi connectivity index (χ0v) is 16.1. The van der Waals surface area contributed by atoms with Crippen LogP contribution in [0.2, 0.25) is 0 Å². The smallest absolute Gasteiger partial charge is 0.260 e. The zero-order chi connectivity index (χ0) is 20.3. The Bertz CT molecular complexity index is 1110. The Morgan fingerprint density at radius 1 is 1.14 bits per heavy atom. The van der Waals surface area contributed by atoms with Gasteiger partial charge in [0.15, 0.2) is 0 Å². The average Bonchev–Trinajstić information content (AvgIpc) is 2.71. The fraction of sp³-hybridized carbons (Fsp3) is 0.174. The summed E-state index contributed by atoms with van der Waals surface area (Å²) in [6.45, 7) is 3.67. The van der Waals surface area contributed by atoms with Gasteiger partial charge in [0, 0.05) is 23.7 Å². The summed E-state index contributed by atoms with van der Waals surface area (Å²) >= 11 is 0. The number of rotatable bonds is 4. The molecule has 5 nitrogen and oxygen atoms in total. The third-order valence-electron chi connectivity index (χ3n) is 4.54. The molecule has 0 saturated carbocycles. The lowest BCUT2D eigenvalue weighted by Gasteiger charge is -2.23. The van der Waals surface area contributed by atoms with Gasteiger partial charge in [0.05, 0.1) is 16.8 Å². The van der Waals surface area contributed by atoms with E-state index in [1.165, 1.54) is 11.9 Å². The maximum atomic E-state index is 13.4. The summed E-state index contributed by atoms with van der Waals surface area (Å²) in [6, 6.07) is 14.8. The van der Waals surface area contributed by atoms with Crippen molar-refractivity contribution in [3.63, 3.8) is 0 Å². The van der Waals surface area contributed by atoms with Crippen molar-refractivity contribution in [2.45, 2.75) is 13.8 Å². The zero-order valence-electron chi connectivity index (χ0n) is 16.1. The molecule has 1 heterocycles. The number of benzene rings is 2. The van der Waals surface area contributed by atoms with E-state index in [1.54, 1.807) is 31.2 Å². The van der Waals surface area contributed by atoms with E-state index in [0.29, 0.717) is 22.5 Å². The van der Waals surface area contributed by atoms with E-state index >= 15 is 0 Å². The number of terminal acetylenes is 1. The third-order valence-corrected chi connectivity index (χ3v) is 4.54. The first-order chi connectivity index (χ1) is 13.4. The minimum atomic E-state index is -0.300. The number of aryl methyl sites for hydroxylation is 2. The van der Waals surface area contributed by atoms with Gasteiger partial charge in [-0.2, -0.15) is 0 Å². The van der Waals surface area contributed by atoms with Crippen LogP contribution in [-0.4, -0.2) is 30.4 Å². The summed E-state index contributed by atoms with van der Waals surface area (Å²) in [7, 11) is 1.54. The van der Waals surface area contributed by atoms with Gasteiger partial charge in [-0.25, -0.2) is 0 Å². The first-order valence-electron chi connectivity index (χ1n) is 8.90. The van der Waals surface area contributed by atoms with Gasteiger partial charge in [-0.3, -0.25) is 19.5 Å². The van der Waals surface area contributed by atoms with Crippen LogP contribution in [0.15, 0.2) is 48.5 Å². The molecule has 140 valence electrons. The topological polar surface area (TPSA) is 62.3 Å². The van der Waals surface area contributed by atoms with Crippen LogP contribution >= 0.6 is 0 Å². The van der Waals surface area contributed by atoms with E-state index in [2.05, 4.69) is 16.2 Å². The van der Waals surface area contributed by atoms with Crippen LogP contribution in [0.4, 0.5) is 5.69 Å². The van der Waals surface area contributed by atoms with E-state index in [0.717, 1.165) is 16.5 Å². The molecule has 5 heteroatoms. The van der Waals surface area contributed by atoms with Gasteiger partial charge in [0.1, 0.15) is 6.54 Å². The summed E-state index contributed by atoms with van der Waals surface area (Å²) < 4.78 is 0. The molecular weight excluding hydrogens is 350 g/mol. The summed E-state index contributed by atoms with van der Waals surface area (Å²) in [5, 5.41) is 3.44.